The second-order valence-electron chi connectivity index (χ2n) is 6.93. The van der Waals surface area contributed by atoms with E-state index in [4.69, 9.17) is 4.74 Å². The maximum atomic E-state index is 12.6. The van der Waals surface area contributed by atoms with Crippen LogP contribution in [0.5, 0.6) is 0 Å². The fourth-order valence-corrected chi connectivity index (χ4v) is 4.39. The fraction of sp³-hybridized carbons (Fsp3) is 0.273. The number of hydrogen-bond acceptors (Lipinski definition) is 3. The lowest BCUT2D eigenvalue weighted by molar-refractivity contribution is -0.154. The van der Waals surface area contributed by atoms with Gasteiger partial charge in [-0.3, -0.25) is 9.59 Å². The standard InChI is InChI=1S/C22H20O3/c1-13-14(2)18-20(22(24)25-21(18)23)19(16-11-7-4-8-12-16)17(13)15-9-5-3-6-10-15/h3-12,14,18-20H,1-2H3. The minimum Gasteiger partial charge on any atom is -0.393 e. The minimum absolute atomic E-state index is 0.0147. The molecule has 0 radical (unpaired) electrons. The van der Waals surface area contributed by atoms with Crippen molar-refractivity contribution in [1.82, 2.24) is 0 Å². The molecule has 126 valence electrons. The third-order valence-corrected chi connectivity index (χ3v) is 5.69. The van der Waals surface area contributed by atoms with E-state index < -0.39 is 17.8 Å². The summed E-state index contributed by atoms with van der Waals surface area (Å²) in [6, 6.07) is 20.1. The molecule has 1 fully saturated rings. The molecule has 0 aromatic heterocycles. The molecule has 1 aliphatic heterocycles. The average Bonchev–Trinajstić information content (AvgIpc) is 2.93. The molecule has 0 spiro atoms. The Balaban J connectivity index is 1.97. The van der Waals surface area contributed by atoms with E-state index in [1.165, 1.54) is 0 Å². The maximum absolute atomic E-state index is 12.6. The van der Waals surface area contributed by atoms with E-state index in [0.29, 0.717) is 0 Å². The first-order valence-electron chi connectivity index (χ1n) is 8.66. The van der Waals surface area contributed by atoms with Crippen LogP contribution in [-0.2, 0) is 14.3 Å². The Morgan fingerprint density at radius 2 is 1.36 bits per heavy atom. The van der Waals surface area contributed by atoms with Gasteiger partial charge in [-0.2, -0.15) is 0 Å². The van der Waals surface area contributed by atoms with Gasteiger partial charge in [0.05, 0.1) is 11.8 Å². The molecule has 0 N–H and O–H groups in total. The van der Waals surface area contributed by atoms with Crippen LogP contribution in [0.1, 0.15) is 30.9 Å². The van der Waals surface area contributed by atoms with Gasteiger partial charge in [-0.1, -0.05) is 73.2 Å². The average molecular weight is 332 g/mol. The van der Waals surface area contributed by atoms with Crippen molar-refractivity contribution in [3.05, 3.63) is 77.4 Å². The van der Waals surface area contributed by atoms with E-state index in [-0.39, 0.29) is 17.8 Å². The molecule has 4 unspecified atom stereocenters. The highest BCUT2D eigenvalue weighted by Crippen LogP contribution is 2.53. The predicted octanol–water partition coefficient (Wildman–Crippen LogP) is 4.21. The van der Waals surface area contributed by atoms with Gasteiger partial charge in [-0.15, -0.1) is 0 Å². The van der Waals surface area contributed by atoms with Gasteiger partial charge in [0.15, 0.2) is 0 Å². The Hall–Kier alpha value is -2.68. The maximum Gasteiger partial charge on any atom is 0.318 e. The summed E-state index contributed by atoms with van der Waals surface area (Å²) >= 11 is 0. The van der Waals surface area contributed by atoms with E-state index in [9.17, 15) is 9.59 Å². The van der Waals surface area contributed by atoms with Crippen molar-refractivity contribution >= 4 is 17.5 Å². The van der Waals surface area contributed by atoms with Crippen molar-refractivity contribution in [2.45, 2.75) is 19.8 Å². The van der Waals surface area contributed by atoms with Gasteiger partial charge in [0, 0.05) is 5.92 Å². The highest BCUT2D eigenvalue weighted by molar-refractivity contribution is 6.00. The summed E-state index contributed by atoms with van der Waals surface area (Å²) in [7, 11) is 0. The molecule has 4 rings (SSSR count). The Morgan fingerprint density at radius 1 is 0.800 bits per heavy atom. The number of esters is 2. The van der Waals surface area contributed by atoms with Crippen LogP contribution in [0.15, 0.2) is 66.2 Å². The molecule has 0 amide bonds. The zero-order valence-corrected chi connectivity index (χ0v) is 14.3. The molecular formula is C22H20O3. The van der Waals surface area contributed by atoms with Gasteiger partial charge in [-0.05, 0) is 29.5 Å². The third kappa shape index (κ3) is 2.42. The molecule has 4 atom stereocenters. The van der Waals surface area contributed by atoms with Crippen molar-refractivity contribution in [2.24, 2.45) is 17.8 Å². The van der Waals surface area contributed by atoms with Crippen molar-refractivity contribution in [3.63, 3.8) is 0 Å². The molecule has 1 heterocycles. The molecule has 25 heavy (non-hydrogen) atoms. The van der Waals surface area contributed by atoms with Gasteiger partial charge < -0.3 is 4.74 Å². The number of cyclic esters (lactones) is 2. The van der Waals surface area contributed by atoms with Gasteiger partial charge in [0.1, 0.15) is 0 Å². The Morgan fingerprint density at radius 3 is 2.00 bits per heavy atom. The highest BCUT2D eigenvalue weighted by atomic mass is 16.6. The lowest BCUT2D eigenvalue weighted by Gasteiger charge is -2.38. The highest BCUT2D eigenvalue weighted by Gasteiger charge is 2.55. The molecule has 1 saturated heterocycles. The molecule has 0 bridgehead atoms. The normalized spacial score (nSPS) is 28.7. The quantitative estimate of drug-likeness (QED) is 0.611. The van der Waals surface area contributed by atoms with Gasteiger partial charge >= 0.3 is 11.9 Å². The first kappa shape index (κ1) is 15.8. The number of benzene rings is 2. The lowest BCUT2D eigenvalue weighted by atomic mass is 9.62. The Bertz CT molecular complexity index is 851. The molecular weight excluding hydrogens is 312 g/mol. The first-order valence-corrected chi connectivity index (χ1v) is 8.66. The number of hydrogen-bond donors (Lipinski definition) is 0. The topological polar surface area (TPSA) is 43.4 Å². The predicted molar refractivity (Wildman–Crippen MR) is 95.5 cm³/mol. The smallest absolute Gasteiger partial charge is 0.318 e. The van der Waals surface area contributed by atoms with Gasteiger partial charge in [-0.25, -0.2) is 0 Å². The summed E-state index contributed by atoms with van der Waals surface area (Å²) in [6.45, 7) is 4.10. The van der Waals surface area contributed by atoms with Crippen molar-refractivity contribution < 1.29 is 14.3 Å². The summed E-state index contributed by atoms with van der Waals surface area (Å²) in [4.78, 5) is 24.9. The van der Waals surface area contributed by atoms with E-state index in [1.54, 1.807) is 0 Å². The number of allylic oxidation sites excluding steroid dienone is 2. The van der Waals surface area contributed by atoms with Crippen molar-refractivity contribution in [1.29, 1.82) is 0 Å². The lowest BCUT2D eigenvalue weighted by Crippen LogP contribution is -2.35. The molecule has 3 nitrogen and oxygen atoms in total. The SMILES string of the molecule is CC1=C(c2ccccc2)C(c2ccccc2)C2C(=O)OC(=O)C2C1C. The van der Waals surface area contributed by atoms with Crippen LogP contribution < -0.4 is 0 Å². The summed E-state index contributed by atoms with van der Waals surface area (Å²) in [5, 5.41) is 0. The van der Waals surface area contributed by atoms with Crippen LogP contribution in [0.25, 0.3) is 5.57 Å². The molecule has 1 aliphatic carbocycles. The Labute approximate surface area is 147 Å². The molecule has 3 heteroatoms. The van der Waals surface area contributed by atoms with Crippen LogP contribution in [0.2, 0.25) is 0 Å². The fourth-order valence-electron chi connectivity index (χ4n) is 4.39. The van der Waals surface area contributed by atoms with Gasteiger partial charge in [0.2, 0.25) is 0 Å². The summed E-state index contributed by atoms with van der Waals surface area (Å²) in [5.41, 5.74) is 4.46. The molecule has 2 aliphatic rings. The number of carbonyl (C=O) groups excluding carboxylic acids is 2. The number of rotatable bonds is 2. The van der Waals surface area contributed by atoms with E-state index in [2.05, 4.69) is 19.1 Å². The third-order valence-electron chi connectivity index (χ3n) is 5.69. The van der Waals surface area contributed by atoms with Crippen LogP contribution in [0.4, 0.5) is 0 Å². The Kier molecular flexibility index (Phi) is 3.79. The van der Waals surface area contributed by atoms with Crippen LogP contribution in [-0.4, -0.2) is 11.9 Å². The summed E-state index contributed by atoms with van der Waals surface area (Å²) in [6.07, 6.45) is 0. The molecule has 0 saturated carbocycles. The van der Waals surface area contributed by atoms with Crippen molar-refractivity contribution in [2.75, 3.05) is 0 Å². The van der Waals surface area contributed by atoms with Crippen LogP contribution in [0, 0.1) is 17.8 Å². The monoisotopic (exact) mass is 332 g/mol. The van der Waals surface area contributed by atoms with Crippen LogP contribution >= 0.6 is 0 Å². The van der Waals surface area contributed by atoms with Gasteiger partial charge in [0.25, 0.3) is 0 Å². The number of fused-ring (bicyclic) bond motifs is 1. The molecule has 2 aromatic rings. The zero-order chi connectivity index (χ0) is 17.6. The second-order valence-corrected chi connectivity index (χ2v) is 6.93. The number of carbonyl (C=O) groups is 2. The van der Waals surface area contributed by atoms with E-state index >= 15 is 0 Å². The van der Waals surface area contributed by atoms with E-state index in [0.717, 1.165) is 22.3 Å². The summed E-state index contributed by atoms with van der Waals surface area (Å²) in [5.74, 6) is -1.80. The largest absolute Gasteiger partial charge is 0.393 e. The second kappa shape index (κ2) is 5.99. The zero-order valence-electron chi connectivity index (χ0n) is 14.3. The van der Waals surface area contributed by atoms with Crippen molar-refractivity contribution in [3.8, 4) is 0 Å². The molecule has 2 aromatic carbocycles. The number of ether oxygens (including phenoxy) is 1. The minimum atomic E-state index is -0.455. The van der Waals surface area contributed by atoms with E-state index in [1.807, 2.05) is 55.5 Å². The van der Waals surface area contributed by atoms with Crippen LogP contribution in [0.3, 0.4) is 0 Å². The summed E-state index contributed by atoms with van der Waals surface area (Å²) < 4.78 is 5.06. The first-order chi connectivity index (χ1) is 12.1.